The Labute approximate surface area is 137 Å². The van der Waals surface area contributed by atoms with Gasteiger partial charge in [0.25, 0.3) is 0 Å². The molecule has 2 atom stereocenters. The Kier molecular flexibility index (Phi) is 8.52. The van der Waals surface area contributed by atoms with Crippen LogP contribution in [-0.2, 0) is 10.0 Å². The third kappa shape index (κ3) is 7.43. The fourth-order valence-electron chi connectivity index (χ4n) is 2.42. The van der Waals surface area contributed by atoms with Crippen molar-refractivity contribution in [3.8, 4) is 0 Å². The number of alkyl halides is 1. The normalized spacial score (nSPS) is 14.8. The van der Waals surface area contributed by atoms with Crippen molar-refractivity contribution >= 4 is 26.0 Å². The fraction of sp³-hybridized carbons (Fsp3) is 0.625. The Morgan fingerprint density at radius 3 is 2.43 bits per heavy atom. The molecule has 1 rings (SSSR count). The third-order valence-electron chi connectivity index (χ3n) is 3.64. The molecule has 0 aliphatic rings. The van der Waals surface area contributed by atoms with E-state index in [-0.39, 0.29) is 11.7 Å². The van der Waals surface area contributed by atoms with Crippen LogP contribution >= 0.6 is 15.9 Å². The largest absolute Gasteiger partial charge is 0.215 e. The second-order valence-corrected chi connectivity index (χ2v) is 8.22. The van der Waals surface area contributed by atoms with E-state index in [1.165, 1.54) is 0 Å². The first-order valence-corrected chi connectivity index (χ1v) is 10.3. The molecule has 0 fully saturated rings. The molecule has 1 N–H and O–H groups in total. The molecule has 0 radical (unpaired) electrons. The second-order valence-electron chi connectivity index (χ2n) is 5.57. The van der Waals surface area contributed by atoms with Gasteiger partial charge >= 0.3 is 0 Å². The molecule has 21 heavy (non-hydrogen) atoms. The van der Waals surface area contributed by atoms with Crippen LogP contribution in [0.1, 0.15) is 44.6 Å². The summed E-state index contributed by atoms with van der Waals surface area (Å²) in [5.41, 5.74) is 1.06. The van der Waals surface area contributed by atoms with Crippen LogP contribution in [0.3, 0.4) is 0 Å². The minimum Gasteiger partial charge on any atom is -0.215 e. The Hall–Kier alpha value is -0.390. The van der Waals surface area contributed by atoms with Crippen molar-refractivity contribution in [1.82, 2.24) is 4.72 Å². The van der Waals surface area contributed by atoms with Gasteiger partial charge in [-0.1, -0.05) is 66.5 Å². The molecule has 1 aromatic rings. The van der Waals surface area contributed by atoms with E-state index in [9.17, 15) is 8.42 Å². The number of hydrogen-bond acceptors (Lipinski definition) is 2. The summed E-state index contributed by atoms with van der Waals surface area (Å²) in [6.07, 6.45) is 3.15. The highest BCUT2D eigenvalue weighted by Gasteiger charge is 2.18. The Balaban J connectivity index is 2.53. The summed E-state index contributed by atoms with van der Waals surface area (Å²) in [6.45, 7) is 4.63. The van der Waals surface area contributed by atoms with Crippen molar-refractivity contribution in [3.63, 3.8) is 0 Å². The van der Waals surface area contributed by atoms with Crippen LogP contribution in [0.5, 0.6) is 0 Å². The quantitative estimate of drug-likeness (QED) is 0.630. The monoisotopic (exact) mass is 375 g/mol. The lowest BCUT2D eigenvalue weighted by Gasteiger charge is -2.17. The van der Waals surface area contributed by atoms with Gasteiger partial charge in [-0.25, -0.2) is 13.1 Å². The van der Waals surface area contributed by atoms with Crippen molar-refractivity contribution in [3.05, 3.63) is 35.9 Å². The maximum atomic E-state index is 12.2. The highest BCUT2D eigenvalue weighted by Crippen LogP contribution is 2.17. The van der Waals surface area contributed by atoms with Gasteiger partial charge in [0.15, 0.2) is 0 Å². The molecular weight excluding hydrogens is 350 g/mol. The van der Waals surface area contributed by atoms with E-state index in [0.717, 1.165) is 30.2 Å². The first kappa shape index (κ1) is 18.7. The van der Waals surface area contributed by atoms with Gasteiger partial charge < -0.3 is 0 Å². The van der Waals surface area contributed by atoms with E-state index < -0.39 is 10.0 Å². The van der Waals surface area contributed by atoms with Gasteiger partial charge in [-0.15, -0.1) is 0 Å². The summed E-state index contributed by atoms with van der Waals surface area (Å²) >= 11 is 3.43. The van der Waals surface area contributed by atoms with Gasteiger partial charge in [-0.05, 0) is 30.2 Å². The molecule has 1 aromatic carbocycles. The number of nitrogens with one attached hydrogen (secondary N) is 1. The lowest BCUT2D eigenvalue weighted by molar-refractivity contribution is 0.458. The second kappa shape index (κ2) is 9.59. The molecule has 3 nitrogen and oxygen atoms in total. The summed E-state index contributed by atoms with van der Waals surface area (Å²) < 4.78 is 27.2. The van der Waals surface area contributed by atoms with E-state index in [2.05, 4.69) is 27.6 Å². The van der Waals surface area contributed by atoms with Gasteiger partial charge in [0.2, 0.25) is 10.0 Å². The summed E-state index contributed by atoms with van der Waals surface area (Å²) in [7, 11) is -3.23. The molecule has 0 aromatic heterocycles. The van der Waals surface area contributed by atoms with Gasteiger partial charge in [-0.3, -0.25) is 0 Å². The topological polar surface area (TPSA) is 46.2 Å². The number of benzene rings is 1. The van der Waals surface area contributed by atoms with Crippen LogP contribution < -0.4 is 4.72 Å². The zero-order valence-electron chi connectivity index (χ0n) is 12.9. The zero-order valence-corrected chi connectivity index (χ0v) is 15.3. The van der Waals surface area contributed by atoms with E-state index >= 15 is 0 Å². The van der Waals surface area contributed by atoms with E-state index in [4.69, 9.17) is 0 Å². The van der Waals surface area contributed by atoms with E-state index in [1.807, 2.05) is 37.3 Å². The predicted molar refractivity (Wildman–Crippen MR) is 93.5 cm³/mol. The molecule has 0 aliphatic heterocycles. The van der Waals surface area contributed by atoms with Gasteiger partial charge in [0.1, 0.15) is 0 Å². The molecule has 120 valence electrons. The van der Waals surface area contributed by atoms with Crippen molar-refractivity contribution in [2.24, 2.45) is 5.92 Å². The summed E-state index contributed by atoms with van der Waals surface area (Å²) in [4.78, 5) is 0. The molecule has 5 heteroatoms. The molecule has 0 saturated carbocycles. The van der Waals surface area contributed by atoms with Crippen LogP contribution in [0, 0.1) is 5.92 Å². The van der Waals surface area contributed by atoms with Crippen LogP contribution in [0.25, 0.3) is 0 Å². The lowest BCUT2D eigenvalue weighted by atomic mass is 10.0. The third-order valence-corrected chi connectivity index (χ3v) is 5.65. The van der Waals surface area contributed by atoms with E-state index in [0.29, 0.717) is 12.5 Å². The summed E-state index contributed by atoms with van der Waals surface area (Å²) in [5, 5.41) is 0.916. The summed E-state index contributed by atoms with van der Waals surface area (Å²) in [5.74, 6) is 0.560. The highest BCUT2D eigenvalue weighted by molar-refractivity contribution is 9.09. The molecule has 0 amide bonds. The van der Waals surface area contributed by atoms with Gasteiger partial charge in [0.05, 0.1) is 5.75 Å². The van der Waals surface area contributed by atoms with Crippen molar-refractivity contribution < 1.29 is 8.42 Å². The minimum atomic E-state index is -3.23. The average Bonchev–Trinajstić information content (AvgIpc) is 2.46. The van der Waals surface area contributed by atoms with Crippen LogP contribution in [0.2, 0.25) is 0 Å². The van der Waals surface area contributed by atoms with Crippen LogP contribution in [0.15, 0.2) is 30.3 Å². The molecule has 0 aliphatic carbocycles. The molecule has 0 saturated heterocycles. The van der Waals surface area contributed by atoms with Crippen molar-refractivity contribution in [2.45, 2.75) is 39.0 Å². The first-order valence-electron chi connectivity index (χ1n) is 7.56. The van der Waals surface area contributed by atoms with Gasteiger partial charge in [0, 0.05) is 11.9 Å². The van der Waals surface area contributed by atoms with Crippen LogP contribution in [0.4, 0.5) is 0 Å². The van der Waals surface area contributed by atoms with Gasteiger partial charge in [-0.2, -0.15) is 0 Å². The predicted octanol–water partition coefficient (Wildman–Crippen LogP) is 3.91. The number of halogens is 1. The standard InChI is InChI=1S/C16H26BrNO2S/c1-3-7-15(10-11-17)12-18-21(19,20)13-14(2)16-8-5-4-6-9-16/h4-6,8-9,14-15,18H,3,7,10-13H2,1-2H3. The molecule has 2 unspecified atom stereocenters. The van der Waals surface area contributed by atoms with Crippen molar-refractivity contribution in [2.75, 3.05) is 17.6 Å². The Morgan fingerprint density at radius 1 is 1.19 bits per heavy atom. The first-order chi connectivity index (χ1) is 9.98. The molecule has 0 bridgehead atoms. The SMILES string of the molecule is CCCC(CCBr)CNS(=O)(=O)CC(C)c1ccccc1. The highest BCUT2D eigenvalue weighted by atomic mass is 79.9. The van der Waals surface area contributed by atoms with Crippen molar-refractivity contribution in [1.29, 1.82) is 0 Å². The van der Waals surface area contributed by atoms with E-state index in [1.54, 1.807) is 0 Å². The molecular formula is C16H26BrNO2S. The molecule has 0 spiro atoms. The Morgan fingerprint density at radius 2 is 1.86 bits per heavy atom. The number of rotatable bonds is 10. The summed E-state index contributed by atoms with van der Waals surface area (Å²) in [6, 6.07) is 9.78. The number of sulfonamides is 1. The maximum Gasteiger partial charge on any atom is 0.212 e. The maximum absolute atomic E-state index is 12.2. The lowest BCUT2D eigenvalue weighted by Crippen LogP contribution is -2.33. The smallest absolute Gasteiger partial charge is 0.212 e. The minimum absolute atomic E-state index is 0.00417. The molecule has 0 heterocycles. The average molecular weight is 376 g/mol. The fourth-order valence-corrected chi connectivity index (χ4v) is 4.53. The van der Waals surface area contributed by atoms with Crippen LogP contribution in [-0.4, -0.2) is 26.0 Å². The zero-order chi connectivity index (χ0) is 15.7. The Bertz CT molecular complexity index is 484. The number of hydrogen-bond donors (Lipinski definition) is 1.